The predicted molar refractivity (Wildman–Crippen MR) is 98.2 cm³/mol. The number of nitrogens with two attached hydrogens (primary N) is 1. The molecule has 2 aromatic rings. The summed E-state index contributed by atoms with van der Waals surface area (Å²) < 4.78 is 5.20. The van der Waals surface area contributed by atoms with E-state index in [1.165, 1.54) is 0 Å². The SMILES string of the molecule is CC(C)CC(C)(CN)NC(=O)CCc1nc(-c2ccsc2)no1.Cl. The van der Waals surface area contributed by atoms with Crippen molar-refractivity contribution in [3.8, 4) is 11.4 Å². The standard InChI is InChI=1S/C16H24N4O2S.ClH/c1-11(2)8-16(3,10-17)19-13(21)4-5-14-18-15(20-22-14)12-6-7-23-9-12;/h6-7,9,11H,4-5,8,10,17H2,1-3H3,(H,19,21);1H. The first-order valence-corrected chi connectivity index (χ1v) is 8.72. The van der Waals surface area contributed by atoms with Crippen LogP contribution in [-0.2, 0) is 11.2 Å². The summed E-state index contributed by atoms with van der Waals surface area (Å²) in [7, 11) is 0. The maximum atomic E-state index is 12.2. The number of rotatable bonds is 8. The Hall–Kier alpha value is -1.44. The van der Waals surface area contributed by atoms with E-state index in [1.807, 2.05) is 23.8 Å². The Morgan fingerprint density at radius 3 is 2.83 bits per heavy atom. The highest BCUT2D eigenvalue weighted by Gasteiger charge is 2.25. The number of amides is 1. The summed E-state index contributed by atoms with van der Waals surface area (Å²) in [6.07, 6.45) is 1.57. The van der Waals surface area contributed by atoms with Crippen molar-refractivity contribution < 1.29 is 9.32 Å². The second-order valence-electron chi connectivity index (χ2n) is 6.43. The minimum Gasteiger partial charge on any atom is -0.350 e. The molecule has 0 aromatic carbocycles. The number of thiophene rings is 1. The van der Waals surface area contributed by atoms with Gasteiger partial charge < -0.3 is 15.6 Å². The third kappa shape index (κ3) is 5.89. The highest BCUT2D eigenvalue weighted by atomic mass is 35.5. The van der Waals surface area contributed by atoms with E-state index in [1.54, 1.807) is 11.3 Å². The van der Waals surface area contributed by atoms with Gasteiger partial charge in [0.25, 0.3) is 0 Å². The van der Waals surface area contributed by atoms with Crippen molar-refractivity contribution in [1.82, 2.24) is 15.5 Å². The fraction of sp³-hybridized carbons (Fsp3) is 0.562. The van der Waals surface area contributed by atoms with Crippen LogP contribution < -0.4 is 11.1 Å². The molecule has 24 heavy (non-hydrogen) atoms. The molecule has 0 aliphatic carbocycles. The number of aromatic nitrogens is 2. The molecule has 0 bridgehead atoms. The summed E-state index contributed by atoms with van der Waals surface area (Å²) in [6, 6.07) is 1.94. The second kappa shape index (κ2) is 9.15. The minimum absolute atomic E-state index is 0. The van der Waals surface area contributed by atoms with E-state index in [0.29, 0.717) is 37.0 Å². The number of hydrogen-bond acceptors (Lipinski definition) is 6. The van der Waals surface area contributed by atoms with Crippen LogP contribution in [0.25, 0.3) is 11.4 Å². The van der Waals surface area contributed by atoms with Crippen molar-refractivity contribution in [2.24, 2.45) is 11.7 Å². The van der Waals surface area contributed by atoms with Crippen LogP contribution in [0.2, 0.25) is 0 Å². The molecule has 2 aromatic heterocycles. The quantitative estimate of drug-likeness (QED) is 0.742. The van der Waals surface area contributed by atoms with E-state index in [4.69, 9.17) is 10.3 Å². The lowest BCUT2D eigenvalue weighted by Crippen LogP contribution is -2.52. The fourth-order valence-corrected chi connectivity index (χ4v) is 3.21. The third-order valence-electron chi connectivity index (χ3n) is 3.56. The average molecular weight is 373 g/mol. The lowest BCUT2D eigenvalue weighted by Gasteiger charge is -2.31. The Morgan fingerprint density at radius 2 is 2.25 bits per heavy atom. The molecule has 1 atom stereocenters. The Bertz CT molecular complexity index is 630. The summed E-state index contributed by atoms with van der Waals surface area (Å²) in [5, 5.41) is 10.9. The Kier molecular flexibility index (Phi) is 7.86. The smallest absolute Gasteiger partial charge is 0.227 e. The van der Waals surface area contributed by atoms with E-state index >= 15 is 0 Å². The van der Waals surface area contributed by atoms with Gasteiger partial charge in [0.1, 0.15) is 0 Å². The van der Waals surface area contributed by atoms with Crippen LogP contribution >= 0.6 is 23.7 Å². The molecule has 1 amide bonds. The average Bonchev–Trinajstić information content (AvgIpc) is 3.15. The maximum Gasteiger partial charge on any atom is 0.227 e. The van der Waals surface area contributed by atoms with Gasteiger partial charge >= 0.3 is 0 Å². The monoisotopic (exact) mass is 372 g/mol. The van der Waals surface area contributed by atoms with Gasteiger partial charge in [0.15, 0.2) is 0 Å². The van der Waals surface area contributed by atoms with Crippen LogP contribution in [0.3, 0.4) is 0 Å². The molecule has 8 heteroatoms. The van der Waals surface area contributed by atoms with Crippen LogP contribution in [0.1, 0.15) is 39.5 Å². The lowest BCUT2D eigenvalue weighted by atomic mass is 9.90. The van der Waals surface area contributed by atoms with E-state index in [-0.39, 0.29) is 23.9 Å². The molecular weight excluding hydrogens is 348 g/mol. The zero-order valence-corrected chi connectivity index (χ0v) is 15.9. The van der Waals surface area contributed by atoms with Crippen LogP contribution in [0.5, 0.6) is 0 Å². The molecule has 3 N–H and O–H groups in total. The van der Waals surface area contributed by atoms with Gasteiger partial charge in [0, 0.05) is 35.9 Å². The Labute approximate surface area is 152 Å². The molecule has 2 rings (SSSR count). The molecule has 0 saturated heterocycles. The van der Waals surface area contributed by atoms with Gasteiger partial charge in [-0.05, 0) is 30.7 Å². The lowest BCUT2D eigenvalue weighted by molar-refractivity contribution is -0.123. The van der Waals surface area contributed by atoms with Gasteiger partial charge in [-0.15, -0.1) is 12.4 Å². The zero-order chi connectivity index (χ0) is 16.9. The van der Waals surface area contributed by atoms with E-state index in [2.05, 4.69) is 29.3 Å². The minimum atomic E-state index is -0.373. The molecule has 0 fully saturated rings. The largest absolute Gasteiger partial charge is 0.350 e. The van der Waals surface area contributed by atoms with Gasteiger partial charge in [0.05, 0.1) is 0 Å². The molecule has 0 aliphatic rings. The Morgan fingerprint density at radius 1 is 1.50 bits per heavy atom. The number of aryl methyl sites for hydroxylation is 1. The molecule has 1 unspecified atom stereocenters. The maximum absolute atomic E-state index is 12.2. The summed E-state index contributed by atoms with van der Waals surface area (Å²) in [5.41, 5.74) is 6.37. The summed E-state index contributed by atoms with van der Waals surface area (Å²) in [6.45, 7) is 6.63. The van der Waals surface area contributed by atoms with E-state index < -0.39 is 0 Å². The summed E-state index contributed by atoms with van der Waals surface area (Å²) in [5.74, 6) is 1.45. The summed E-state index contributed by atoms with van der Waals surface area (Å²) in [4.78, 5) is 16.5. The molecule has 0 spiro atoms. The molecule has 134 valence electrons. The summed E-state index contributed by atoms with van der Waals surface area (Å²) >= 11 is 1.58. The van der Waals surface area contributed by atoms with Crippen LogP contribution in [0, 0.1) is 5.92 Å². The van der Waals surface area contributed by atoms with Crippen molar-refractivity contribution in [3.05, 3.63) is 22.7 Å². The normalized spacial score (nSPS) is 13.4. The zero-order valence-electron chi connectivity index (χ0n) is 14.2. The second-order valence-corrected chi connectivity index (χ2v) is 7.21. The van der Waals surface area contributed by atoms with Crippen molar-refractivity contribution in [2.75, 3.05) is 6.54 Å². The van der Waals surface area contributed by atoms with Crippen molar-refractivity contribution in [3.63, 3.8) is 0 Å². The van der Waals surface area contributed by atoms with Crippen molar-refractivity contribution in [2.45, 2.75) is 45.6 Å². The number of halogens is 1. The Balaban J connectivity index is 0.00000288. The first-order valence-electron chi connectivity index (χ1n) is 7.78. The van der Waals surface area contributed by atoms with Crippen molar-refractivity contribution in [1.29, 1.82) is 0 Å². The van der Waals surface area contributed by atoms with Crippen LogP contribution in [0.15, 0.2) is 21.3 Å². The first kappa shape index (κ1) is 20.6. The highest BCUT2D eigenvalue weighted by molar-refractivity contribution is 7.08. The molecule has 0 aliphatic heterocycles. The number of carbonyl (C=O) groups excluding carboxylic acids is 1. The van der Waals surface area contributed by atoms with Crippen LogP contribution in [-0.4, -0.2) is 28.1 Å². The van der Waals surface area contributed by atoms with Gasteiger partial charge in [-0.1, -0.05) is 19.0 Å². The van der Waals surface area contributed by atoms with Crippen LogP contribution in [0.4, 0.5) is 0 Å². The van der Waals surface area contributed by atoms with Crippen molar-refractivity contribution >= 4 is 29.7 Å². The molecular formula is C16H25ClN4O2S. The van der Waals surface area contributed by atoms with E-state index in [9.17, 15) is 4.79 Å². The molecule has 6 nitrogen and oxygen atoms in total. The number of carbonyl (C=O) groups is 1. The number of hydrogen-bond donors (Lipinski definition) is 2. The van der Waals surface area contributed by atoms with E-state index in [0.717, 1.165) is 12.0 Å². The van der Waals surface area contributed by atoms with Gasteiger partial charge in [-0.25, -0.2) is 0 Å². The first-order chi connectivity index (χ1) is 10.9. The highest BCUT2D eigenvalue weighted by Crippen LogP contribution is 2.19. The number of nitrogens with one attached hydrogen (secondary N) is 1. The molecule has 0 radical (unpaired) electrons. The number of nitrogens with zero attached hydrogens (tertiary/aromatic N) is 2. The molecule has 2 heterocycles. The third-order valence-corrected chi connectivity index (χ3v) is 4.25. The predicted octanol–water partition coefficient (Wildman–Crippen LogP) is 3.03. The fourth-order valence-electron chi connectivity index (χ4n) is 2.57. The molecule has 0 saturated carbocycles. The van der Waals surface area contributed by atoms with Gasteiger partial charge in [0.2, 0.25) is 17.6 Å². The van der Waals surface area contributed by atoms with Gasteiger partial charge in [-0.2, -0.15) is 16.3 Å². The topological polar surface area (TPSA) is 94.0 Å². The van der Waals surface area contributed by atoms with Gasteiger partial charge in [-0.3, -0.25) is 4.79 Å².